The molecule has 3 rings (SSSR count). The molecule has 1 fully saturated rings. The Bertz CT molecular complexity index is 455. The summed E-state index contributed by atoms with van der Waals surface area (Å²) in [4.78, 5) is 0. The Hall–Kier alpha value is -1.26. The Morgan fingerprint density at radius 1 is 1.05 bits per heavy atom. The standard InChI is InChI=1S/C16H23NO3/c1-2-17-12-16(5-7-18-8-6-16)13-3-4-14-15(11-13)20-10-9-19-14/h3-4,11,17H,2,5-10,12H2,1H3. The molecule has 0 spiro atoms. The highest BCUT2D eigenvalue weighted by molar-refractivity contribution is 5.46. The van der Waals surface area contributed by atoms with Crippen molar-refractivity contribution in [2.75, 3.05) is 39.5 Å². The van der Waals surface area contributed by atoms with Crippen molar-refractivity contribution in [2.45, 2.75) is 25.2 Å². The molecule has 4 nitrogen and oxygen atoms in total. The van der Waals surface area contributed by atoms with Crippen LogP contribution < -0.4 is 14.8 Å². The fraction of sp³-hybridized carbons (Fsp3) is 0.625. The van der Waals surface area contributed by atoms with Crippen molar-refractivity contribution >= 4 is 0 Å². The van der Waals surface area contributed by atoms with E-state index in [4.69, 9.17) is 14.2 Å². The predicted molar refractivity (Wildman–Crippen MR) is 77.7 cm³/mol. The maximum atomic E-state index is 5.73. The molecule has 0 saturated carbocycles. The summed E-state index contributed by atoms with van der Waals surface area (Å²) in [6, 6.07) is 6.40. The number of rotatable bonds is 4. The van der Waals surface area contributed by atoms with Gasteiger partial charge in [0.1, 0.15) is 13.2 Å². The molecule has 2 heterocycles. The smallest absolute Gasteiger partial charge is 0.161 e. The first-order chi connectivity index (χ1) is 9.84. The Balaban J connectivity index is 1.89. The van der Waals surface area contributed by atoms with Crippen molar-refractivity contribution in [3.63, 3.8) is 0 Å². The summed E-state index contributed by atoms with van der Waals surface area (Å²) < 4.78 is 16.9. The molecule has 2 aliphatic heterocycles. The number of hydrogen-bond acceptors (Lipinski definition) is 4. The average Bonchev–Trinajstić information content (AvgIpc) is 2.53. The van der Waals surface area contributed by atoms with Crippen molar-refractivity contribution in [3.05, 3.63) is 23.8 Å². The maximum absolute atomic E-state index is 5.73. The lowest BCUT2D eigenvalue weighted by Crippen LogP contribution is -2.42. The second-order valence-corrected chi connectivity index (χ2v) is 5.53. The van der Waals surface area contributed by atoms with Crippen LogP contribution in [0.15, 0.2) is 18.2 Å². The fourth-order valence-electron chi connectivity index (χ4n) is 3.07. The van der Waals surface area contributed by atoms with Gasteiger partial charge in [-0.05, 0) is 37.1 Å². The largest absolute Gasteiger partial charge is 0.486 e. The monoisotopic (exact) mass is 277 g/mol. The zero-order valence-corrected chi connectivity index (χ0v) is 12.1. The molecule has 4 heteroatoms. The van der Waals surface area contributed by atoms with Crippen LogP contribution in [0.3, 0.4) is 0 Å². The second kappa shape index (κ2) is 6.02. The molecule has 0 bridgehead atoms. The summed E-state index contributed by atoms with van der Waals surface area (Å²) in [6.45, 7) is 7.08. The minimum atomic E-state index is 0.157. The topological polar surface area (TPSA) is 39.7 Å². The first-order valence-electron chi connectivity index (χ1n) is 7.53. The van der Waals surface area contributed by atoms with Crippen LogP contribution in [-0.2, 0) is 10.2 Å². The quantitative estimate of drug-likeness (QED) is 0.915. The highest BCUT2D eigenvalue weighted by Gasteiger charge is 2.34. The van der Waals surface area contributed by atoms with E-state index < -0.39 is 0 Å². The SMILES string of the molecule is CCNCC1(c2ccc3c(c2)OCCO3)CCOCC1. The van der Waals surface area contributed by atoms with Crippen LogP contribution in [-0.4, -0.2) is 39.5 Å². The van der Waals surface area contributed by atoms with Crippen molar-refractivity contribution < 1.29 is 14.2 Å². The van der Waals surface area contributed by atoms with E-state index in [9.17, 15) is 0 Å². The van der Waals surface area contributed by atoms with E-state index in [0.717, 1.165) is 50.6 Å². The van der Waals surface area contributed by atoms with Gasteiger partial charge in [-0.15, -0.1) is 0 Å². The van der Waals surface area contributed by atoms with Crippen LogP contribution in [0.2, 0.25) is 0 Å². The van der Waals surface area contributed by atoms with E-state index >= 15 is 0 Å². The molecule has 1 N–H and O–H groups in total. The minimum Gasteiger partial charge on any atom is -0.486 e. The number of benzene rings is 1. The molecule has 0 amide bonds. The Kier molecular flexibility index (Phi) is 4.13. The first kappa shape index (κ1) is 13.7. The summed E-state index contributed by atoms with van der Waals surface area (Å²) in [5, 5.41) is 3.51. The Labute approximate surface area is 120 Å². The summed E-state index contributed by atoms with van der Waals surface area (Å²) in [7, 11) is 0. The lowest BCUT2D eigenvalue weighted by atomic mass is 9.74. The summed E-state index contributed by atoms with van der Waals surface area (Å²) in [5.74, 6) is 1.75. The normalized spacial score (nSPS) is 20.6. The molecular weight excluding hydrogens is 254 g/mol. The molecule has 0 atom stereocenters. The van der Waals surface area contributed by atoms with E-state index in [1.807, 2.05) is 6.07 Å². The van der Waals surface area contributed by atoms with Gasteiger partial charge in [-0.3, -0.25) is 0 Å². The second-order valence-electron chi connectivity index (χ2n) is 5.53. The third-order valence-corrected chi connectivity index (χ3v) is 4.32. The number of likely N-dealkylation sites (N-methyl/N-ethyl adjacent to an activating group) is 1. The summed E-state index contributed by atoms with van der Waals surface area (Å²) >= 11 is 0. The van der Waals surface area contributed by atoms with Crippen LogP contribution >= 0.6 is 0 Å². The average molecular weight is 277 g/mol. The van der Waals surface area contributed by atoms with Gasteiger partial charge in [-0.25, -0.2) is 0 Å². The molecule has 110 valence electrons. The van der Waals surface area contributed by atoms with Gasteiger partial charge in [0.25, 0.3) is 0 Å². The van der Waals surface area contributed by atoms with Crippen LogP contribution in [0.25, 0.3) is 0 Å². The zero-order chi connectivity index (χ0) is 13.8. The Morgan fingerprint density at radius 2 is 1.80 bits per heavy atom. The summed E-state index contributed by atoms with van der Waals surface area (Å²) in [6.07, 6.45) is 2.11. The first-order valence-corrected chi connectivity index (χ1v) is 7.53. The van der Waals surface area contributed by atoms with Crippen molar-refractivity contribution in [3.8, 4) is 11.5 Å². The van der Waals surface area contributed by atoms with Gasteiger partial charge in [0.2, 0.25) is 0 Å². The van der Waals surface area contributed by atoms with Gasteiger partial charge in [0.05, 0.1) is 0 Å². The number of fused-ring (bicyclic) bond motifs is 1. The third-order valence-electron chi connectivity index (χ3n) is 4.32. The molecule has 1 saturated heterocycles. The van der Waals surface area contributed by atoms with E-state index in [1.165, 1.54) is 5.56 Å². The lowest BCUT2D eigenvalue weighted by Gasteiger charge is -2.38. The van der Waals surface area contributed by atoms with Gasteiger partial charge < -0.3 is 19.5 Å². The zero-order valence-electron chi connectivity index (χ0n) is 12.1. The third kappa shape index (κ3) is 2.63. The van der Waals surface area contributed by atoms with Gasteiger partial charge in [0.15, 0.2) is 11.5 Å². The molecule has 1 aromatic rings. The van der Waals surface area contributed by atoms with Gasteiger partial charge in [-0.2, -0.15) is 0 Å². The van der Waals surface area contributed by atoms with Crippen molar-refractivity contribution in [1.29, 1.82) is 0 Å². The molecule has 2 aliphatic rings. The number of hydrogen-bond donors (Lipinski definition) is 1. The minimum absolute atomic E-state index is 0.157. The fourth-order valence-corrected chi connectivity index (χ4v) is 3.07. The molecule has 0 aromatic heterocycles. The van der Waals surface area contributed by atoms with Gasteiger partial charge >= 0.3 is 0 Å². The highest BCUT2D eigenvalue weighted by atomic mass is 16.6. The molecule has 1 aromatic carbocycles. The molecule has 20 heavy (non-hydrogen) atoms. The van der Waals surface area contributed by atoms with Gasteiger partial charge in [0, 0.05) is 25.2 Å². The van der Waals surface area contributed by atoms with E-state index in [0.29, 0.717) is 13.2 Å². The van der Waals surface area contributed by atoms with Gasteiger partial charge in [-0.1, -0.05) is 13.0 Å². The van der Waals surface area contributed by atoms with Crippen LogP contribution in [0.5, 0.6) is 11.5 Å². The van der Waals surface area contributed by atoms with Crippen LogP contribution in [0.1, 0.15) is 25.3 Å². The molecule has 0 radical (unpaired) electrons. The number of nitrogens with one attached hydrogen (secondary N) is 1. The number of ether oxygens (including phenoxy) is 3. The summed E-state index contributed by atoms with van der Waals surface area (Å²) in [5.41, 5.74) is 1.50. The van der Waals surface area contributed by atoms with Crippen molar-refractivity contribution in [2.24, 2.45) is 0 Å². The highest BCUT2D eigenvalue weighted by Crippen LogP contribution is 2.39. The molecule has 0 unspecified atom stereocenters. The maximum Gasteiger partial charge on any atom is 0.161 e. The molecule has 0 aliphatic carbocycles. The van der Waals surface area contributed by atoms with E-state index in [1.54, 1.807) is 0 Å². The molecular formula is C16H23NO3. The van der Waals surface area contributed by atoms with E-state index in [-0.39, 0.29) is 5.41 Å². The van der Waals surface area contributed by atoms with Crippen LogP contribution in [0, 0.1) is 0 Å². The van der Waals surface area contributed by atoms with Crippen molar-refractivity contribution in [1.82, 2.24) is 5.32 Å². The predicted octanol–water partition coefficient (Wildman–Crippen LogP) is 2.12. The van der Waals surface area contributed by atoms with E-state index in [2.05, 4.69) is 24.4 Å². The lowest BCUT2D eigenvalue weighted by molar-refractivity contribution is 0.0498. The Morgan fingerprint density at radius 3 is 2.55 bits per heavy atom. The van der Waals surface area contributed by atoms with Crippen LogP contribution in [0.4, 0.5) is 0 Å².